The number of anilines is 1. The first-order valence-electron chi connectivity index (χ1n) is 7.64. The van der Waals surface area contributed by atoms with Gasteiger partial charge in [-0.25, -0.2) is 9.36 Å². The molecule has 0 aliphatic rings. The summed E-state index contributed by atoms with van der Waals surface area (Å²) in [5.74, 6) is 0.526. The normalized spacial score (nSPS) is 10.9. The van der Waals surface area contributed by atoms with Gasteiger partial charge in [0.05, 0.1) is 18.1 Å². The SMILES string of the molecule is COc1ccc(CCC(=O)n2c(=O)n(C)c3ccc(N)cc32)cc1. The topological polar surface area (TPSA) is 79.2 Å². The Bertz CT molecular complexity index is 952. The van der Waals surface area contributed by atoms with Crippen LogP contribution in [0.4, 0.5) is 5.69 Å². The van der Waals surface area contributed by atoms with Crippen LogP contribution in [0, 0.1) is 0 Å². The van der Waals surface area contributed by atoms with Gasteiger partial charge in [0.1, 0.15) is 5.75 Å². The maximum Gasteiger partial charge on any atom is 0.335 e. The summed E-state index contributed by atoms with van der Waals surface area (Å²) < 4.78 is 7.78. The molecule has 3 rings (SSSR count). The molecule has 1 heterocycles. The van der Waals surface area contributed by atoms with Crippen molar-refractivity contribution in [2.45, 2.75) is 12.8 Å². The van der Waals surface area contributed by atoms with Crippen molar-refractivity contribution in [2.24, 2.45) is 7.05 Å². The Kier molecular flexibility index (Phi) is 4.12. The molecule has 6 heteroatoms. The second-order valence-corrected chi connectivity index (χ2v) is 5.67. The summed E-state index contributed by atoms with van der Waals surface area (Å²) in [5.41, 5.74) is 8.21. The Morgan fingerprint density at radius 3 is 2.50 bits per heavy atom. The molecule has 0 radical (unpaired) electrons. The molecule has 2 N–H and O–H groups in total. The third-order valence-corrected chi connectivity index (χ3v) is 4.12. The predicted molar refractivity (Wildman–Crippen MR) is 93.5 cm³/mol. The van der Waals surface area contributed by atoms with E-state index in [-0.39, 0.29) is 18.0 Å². The highest BCUT2D eigenvalue weighted by atomic mass is 16.5. The number of nitrogen functional groups attached to an aromatic ring is 1. The summed E-state index contributed by atoms with van der Waals surface area (Å²) in [6.45, 7) is 0. The number of aryl methyl sites for hydroxylation is 2. The predicted octanol–water partition coefficient (Wildman–Crippen LogP) is 2.20. The fourth-order valence-corrected chi connectivity index (χ4v) is 2.76. The minimum absolute atomic E-state index is 0.236. The number of ether oxygens (including phenoxy) is 1. The summed E-state index contributed by atoms with van der Waals surface area (Å²) in [6, 6.07) is 12.6. The zero-order valence-corrected chi connectivity index (χ0v) is 13.7. The van der Waals surface area contributed by atoms with E-state index in [9.17, 15) is 9.59 Å². The van der Waals surface area contributed by atoms with Crippen LogP contribution in [0.1, 0.15) is 16.8 Å². The molecule has 0 spiro atoms. The fourth-order valence-electron chi connectivity index (χ4n) is 2.76. The van der Waals surface area contributed by atoms with Crippen LogP contribution in [0.3, 0.4) is 0 Å². The Hall–Kier alpha value is -3.02. The monoisotopic (exact) mass is 325 g/mol. The number of fused-ring (bicyclic) bond motifs is 1. The number of methoxy groups -OCH3 is 1. The van der Waals surface area contributed by atoms with Crippen LogP contribution in [-0.2, 0) is 13.5 Å². The van der Waals surface area contributed by atoms with Crippen LogP contribution in [0.25, 0.3) is 11.0 Å². The second kappa shape index (κ2) is 6.23. The Labute approximate surface area is 139 Å². The number of carbonyl (C=O) groups excluding carboxylic acids is 1. The molecule has 0 saturated heterocycles. The maximum absolute atomic E-state index is 12.6. The molecule has 3 aromatic rings. The first kappa shape index (κ1) is 15.9. The number of aromatic nitrogens is 2. The van der Waals surface area contributed by atoms with E-state index >= 15 is 0 Å². The molecule has 0 unspecified atom stereocenters. The van der Waals surface area contributed by atoms with Crippen molar-refractivity contribution >= 4 is 22.6 Å². The van der Waals surface area contributed by atoms with Gasteiger partial charge in [-0.2, -0.15) is 0 Å². The first-order chi connectivity index (χ1) is 11.5. The van der Waals surface area contributed by atoms with Crippen molar-refractivity contribution in [3.63, 3.8) is 0 Å². The lowest BCUT2D eigenvalue weighted by Crippen LogP contribution is -2.27. The lowest BCUT2D eigenvalue weighted by molar-refractivity contribution is 0.0903. The number of nitrogens with two attached hydrogens (primary N) is 1. The molecule has 0 atom stereocenters. The van der Waals surface area contributed by atoms with Crippen molar-refractivity contribution in [3.05, 3.63) is 58.5 Å². The lowest BCUT2D eigenvalue weighted by Gasteiger charge is -2.05. The van der Waals surface area contributed by atoms with E-state index < -0.39 is 0 Å². The molecule has 6 nitrogen and oxygen atoms in total. The minimum Gasteiger partial charge on any atom is -0.497 e. The highest BCUT2D eigenvalue weighted by Gasteiger charge is 2.16. The van der Waals surface area contributed by atoms with E-state index in [4.69, 9.17) is 10.5 Å². The van der Waals surface area contributed by atoms with Gasteiger partial charge < -0.3 is 10.5 Å². The van der Waals surface area contributed by atoms with Gasteiger partial charge in [-0.05, 0) is 42.3 Å². The molecule has 0 bridgehead atoms. The Morgan fingerprint density at radius 2 is 1.83 bits per heavy atom. The lowest BCUT2D eigenvalue weighted by atomic mass is 10.1. The fraction of sp³-hybridized carbons (Fsp3) is 0.222. The van der Waals surface area contributed by atoms with Crippen LogP contribution in [0.2, 0.25) is 0 Å². The van der Waals surface area contributed by atoms with Crippen molar-refractivity contribution in [1.29, 1.82) is 0 Å². The van der Waals surface area contributed by atoms with E-state index in [1.54, 1.807) is 32.4 Å². The summed E-state index contributed by atoms with van der Waals surface area (Å²) in [4.78, 5) is 25.0. The van der Waals surface area contributed by atoms with Crippen molar-refractivity contribution in [3.8, 4) is 5.75 Å². The van der Waals surface area contributed by atoms with Crippen LogP contribution in [0.15, 0.2) is 47.3 Å². The molecule has 2 aromatic carbocycles. The number of hydrogen-bond acceptors (Lipinski definition) is 4. The molecule has 1 aromatic heterocycles. The molecule has 0 amide bonds. The first-order valence-corrected chi connectivity index (χ1v) is 7.64. The van der Waals surface area contributed by atoms with Gasteiger partial charge in [0.2, 0.25) is 5.91 Å². The number of benzene rings is 2. The number of carbonyl (C=O) groups is 1. The number of imidazole rings is 1. The standard InChI is InChI=1S/C18H19N3O3/c1-20-15-9-6-13(19)11-16(15)21(18(20)23)17(22)10-5-12-3-7-14(24-2)8-4-12/h3-4,6-9,11H,5,10,19H2,1-2H3. The quantitative estimate of drug-likeness (QED) is 0.746. The van der Waals surface area contributed by atoms with E-state index in [1.165, 1.54) is 9.13 Å². The summed E-state index contributed by atoms with van der Waals surface area (Å²) in [6.07, 6.45) is 0.786. The zero-order valence-electron chi connectivity index (χ0n) is 13.7. The van der Waals surface area contributed by atoms with Gasteiger partial charge in [0, 0.05) is 19.2 Å². The van der Waals surface area contributed by atoms with Crippen LogP contribution < -0.4 is 16.2 Å². The third-order valence-electron chi connectivity index (χ3n) is 4.12. The molecule has 0 aliphatic heterocycles. The van der Waals surface area contributed by atoms with Gasteiger partial charge in [-0.3, -0.25) is 9.36 Å². The number of nitrogens with zero attached hydrogens (tertiary/aromatic N) is 2. The summed E-state index contributed by atoms with van der Waals surface area (Å²) in [5, 5.41) is 0. The van der Waals surface area contributed by atoms with Crippen molar-refractivity contribution in [1.82, 2.24) is 9.13 Å². The highest BCUT2D eigenvalue weighted by molar-refractivity contribution is 5.91. The minimum atomic E-state index is -0.352. The highest BCUT2D eigenvalue weighted by Crippen LogP contribution is 2.17. The molecule has 124 valence electrons. The van der Waals surface area contributed by atoms with Gasteiger partial charge in [0.25, 0.3) is 0 Å². The van der Waals surface area contributed by atoms with E-state index in [1.807, 2.05) is 24.3 Å². The van der Waals surface area contributed by atoms with E-state index in [2.05, 4.69) is 0 Å². The van der Waals surface area contributed by atoms with Gasteiger partial charge >= 0.3 is 5.69 Å². The van der Waals surface area contributed by atoms with Crippen molar-refractivity contribution < 1.29 is 9.53 Å². The average Bonchev–Trinajstić information content (AvgIpc) is 2.83. The number of hydrogen-bond donors (Lipinski definition) is 1. The van der Waals surface area contributed by atoms with Crippen LogP contribution >= 0.6 is 0 Å². The Morgan fingerprint density at radius 1 is 1.12 bits per heavy atom. The molecule has 0 saturated carbocycles. The third kappa shape index (κ3) is 2.78. The van der Waals surface area contributed by atoms with Gasteiger partial charge in [0.15, 0.2) is 0 Å². The van der Waals surface area contributed by atoms with Gasteiger partial charge in [-0.15, -0.1) is 0 Å². The van der Waals surface area contributed by atoms with Crippen LogP contribution in [0.5, 0.6) is 5.75 Å². The maximum atomic E-state index is 12.6. The molecular formula is C18H19N3O3. The average molecular weight is 325 g/mol. The smallest absolute Gasteiger partial charge is 0.335 e. The second-order valence-electron chi connectivity index (χ2n) is 5.67. The molecule has 0 fully saturated rings. The van der Waals surface area contributed by atoms with E-state index in [0.29, 0.717) is 23.1 Å². The number of rotatable bonds is 4. The molecule has 24 heavy (non-hydrogen) atoms. The molecular weight excluding hydrogens is 306 g/mol. The zero-order chi connectivity index (χ0) is 17.3. The van der Waals surface area contributed by atoms with Crippen LogP contribution in [-0.4, -0.2) is 22.2 Å². The van der Waals surface area contributed by atoms with E-state index in [0.717, 1.165) is 11.3 Å². The van der Waals surface area contributed by atoms with Gasteiger partial charge in [-0.1, -0.05) is 12.1 Å². The van der Waals surface area contributed by atoms with Crippen molar-refractivity contribution in [2.75, 3.05) is 12.8 Å². The summed E-state index contributed by atoms with van der Waals surface area (Å²) in [7, 11) is 3.26. The summed E-state index contributed by atoms with van der Waals surface area (Å²) >= 11 is 0. The molecule has 0 aliphatic carbocycles. The Balaban J connectivity index is 1.87. The largest absolute Gasteiger partial charge is 0.497 e.